The van der Waals surface area contributed by atoms with Gasteiger partial charge in [-0.3, -0.25) is 4.99 Å². The van der Waals surface area contributed by atoms with Crippen LogP contribution in [0.15, 0.2) is 23.2 Å². The Morgan fingerprint density at radius 2 is 2.16 bits per heavy atom. The monoisotopic (exact) mass is 375 g/mol. The molecule has 6 nitrogen and oxygen atoms in total. The molecule has 0 atom stereocenters. The lowest BCUT2D eigenvalue weighted by Gasteiger charge is -2.29. The Hall–Kier alpha value is -2.16. The van der Waals surface area contributed by atoms with Crippen molar-refractivity contribution in [1.82, 2.24) is 4.68 Å². The molecule has 4 rings (SSSR count). The number of thiazole rings is 1. The first-order chi connectivity index (χ1) is 12.2. The highest BCUT2D eigenvalue weighted by Gasteiger charge is 2.20. The number of rotatable bonds is 3. The molecule has 0 bridgehead atoms. The number of aliphatic imine (C=N–C) groups is 1. The molecule has 130 valence electrons. The maximum atomic E-state index is 10.7. The molecule has 1 aromatic heterocycles. The van der Waals surface area contributed by atoms with E-state index in [0.717, 1.165) is 27.5 Å². The normalized spacial score (nSPS) is 18.0. The van der Waals surface area contributed by atoms with Gasteiger partial charge in [0.25, 0.3) is 0 Å². The van der Waals surface area contributed by atoms with E-state index in [1.807, 2.05) is 29.3 Å². The molecule has 0 unspecified atom stereocenters. The van der Waals surface area contributed by atoms with E-state index >= 15 is 0 Å². The molecule has 0 radical (unpaired) electrons. The molecule has 25 heavy (non-hydrogen) atoms. The summed E-state index contributed by atoms with van der Waals surface area (Å²) >= 11 is 6.84. The summed E-state index contributed by atoms with van der Waals surface area (Å²) in [7, 11) is 1.64. The van der Waals surface area contributed by atoms with E-state index in [1.54, 1.807) is 18.0 Å². The number of hydrogen-bond acceptors (Lipinski definition) is 7. The Labute approximate surface area is 154 Å². The highest BCUT2D eigenvalue weighted by Crippen LogP contribution is 2.37. The number of nitrogens with zero attached hydrogens (tertiary/aromatic N) is 3. The van der Waals surface area contributed by atoms with Gasteiger partial charge in [-0.15, -0.1) is 0 Å². The van der Waals surface area contributed by atoms with Gasteiger partial charge in [0.2, 0.25) is 5.88 Å². The first-order valence-electron chi connectivity index (χ1n) is 7.89. The number of morpholine rings is 1. The number of aromatic nitrogens is 1. The average molecular weight is 375 g/mol. The van der Waals surface area contributed by atoms with E-state index in [0.29, 0.717) is 30.3 Å². The van der Waals surface area contributed by atoms with Crippen LogP contribution in [0.3, 0.4) is 0 Å². The van der Waals surface area contributed by atoms with Gasteiger partial charge in [0.05, 0.1) is 44.0 Å². The molecule has 1 N–H and O–H groups in total. The van der Waals surface area contributed by atoms with E-state index in [2.05, 4.69) is 4.99 Å². The number of hydrogen-bond donors (Lipinski definition) is 1. The minimum Gasteiger partial charge on any atom is -0.497 e. The van der Waals surface area contributed by atoms with Crippen molar-refractivity contribution in [3.05, 3.63) is 32.6 Å². The molecule has 8 heteroatoms. The number of aromatic hydroxyl groups is 1. The minimum atomic E-state index is 0.166. The van der Waals surface area contributed by atoms with Crippen molar-refractivity contribution in [3.8, 4) is 11.6 Å². The minimum absolute atomic E-state index is 0.166. The summed E-state index contributed by atoms with van der Waals surface area (Å²) in [6, 6.07) is 5.78. The fourth-order valence-electron chi connectivity index (χ4n) is 2.93. The Bertz CT molecular complexity index is 924. The van der Waals surface area contributed by atoms with Gasteiger partial charge in [0.15, 0.2) is 3.95 Å². The Morgan fingerprint density at radius 1 is 1.36 bits per heavy atom. The van der Waals surface area contributed by atoms with Crippen LogP contribution >= 0.6 is 23.6 Å². The van der Waals surface area contributed by atoms with Gasteiger partial charge in [-0.05, 0) is 30.4 Å². The molecule has 2 aliphatic rings. The third kappa shape index (κ3) is 2.97. The molecule has 0 amide bonds. The van der Waals surface area contributed by atoms with Gasteiger partial charge in [-0.2, -0.15) is 0 Å². The highest BCUT2D eigenvalue weighted by molar-refractivity contribution is 7.73. The van der Waals surface area contributed by atoms with Crippen LogP contribution in [0.4, 0.5) is 5.69 Å². The smallest absolute Gasteiger partial charge is 0.230 e. The van der Waals surface area contributed by atoms with E-state index in [1.165, 1.54) is 11.3 Å². The molecule has 1 aromatic carbocycles. The third-order valence-electron chi connectivity index (χ3n) is 4.21. The third-order valence-corrected chi connectivity index (χ3v) is 5.50. The van der Waals surface area contributed by atoms with Crippen molar-refractivity contribution in [2.24, 2.45) is 4.99 Å². The molecule has 2 aliphatic heterocycles. The zero-order valence-electron chi connectivity index (χ0n) is 13.6. The van der Waals surface area contributed by atoms with E-state index < -0.39 is 0 Å². The first-order valence-corrected chi connectivity index (χ1v) is 9.12. The van der Waals surface area contributed by atoms with Crippen molar-refractivity contribution in [3.63, 3.8) is 0 Å². The zero-order valence-corrected chi connectivity index (χ0v) is 15.3. The lowest BCUT2D eigenvalue weighted by molar-refractivity contribution is 0.109. The van der Waals surface area contributed by atoms with E-state index in [4.69, 9.17) is 21.7 Å². The molecule has 3 heterocycles. The SMILES string of the molecule is COc1ccc2c(c1)N=CC2=Cc1sc(=S)n(N2CCOCC2)c1O. The van der Waals surface area contributed by atoms with Crippen LogP contribution in [0.5, 0.6) is 11.6 Å². The second kappa shape index (κ2) is 6.62. The summed E-state index contributed by atoms with van der Waals surface area (Å²) < 4.78 is 12.9. The summed E-state index contributed by atoms with van der Waals surface area (Å²) in [6.45, 7) is 2.68. The van der Waals surface area contributed by atoms with Gasteiger partial charge in [0, 0.05) is 23.4 Å². The maximum absolute atomic E-state index is 10.7. The largest absolute Gasteiger partial charge is 0.497 e. The van der Waals surface area contributed by atoms with Gasteiger partial charge in [-0.25, -0.2) is 4.68 Å². The number of ether oxygens (including phenoxy) is 2. The lowest BCUT2D eigenvalue weighted by Crippen LogP contribution is -2.43. The maximum Gasteiger partial charge on any atom is 0.230 e. The summed E-state index contributed by atoms with van der Waals surface area (Å²) in [5, 5.41) is 12.7. The van der Waals surface area contributed by atoms with Crippen LogP contribution in [-0.4, -0.2) is 49.4 Å². The predicted octanol–water partition coefficient (Wildman–Crippen LogP) is 3.22. The van der Waals surface area contributed by atoms with Gasteiger partial charge >= 0.3 is 0 Å². The molecule has 2 aromatic rings. The van der Waals surface area contributed by atoms with Crippen LogP contribution in [0.2, 0.25) is 0 Å². The van der Waals surface area contributed by atoms with Crippen LogP contribution < -0.4 is 9.75 Å². The number of fused-ring (bicyclic) bond motifs is 1. The van der Waals surface area contributed by atoms with Crippen molar-refractivity contribution < 1.29 is 14.6 Å². The van der Waals surface area contributed by atoms with E-state index in [9.17, 15) is 5.11 Å². The fraction of sp³-hybridized carbons (Fsp3) is 0.294. The van der Waals surface area contributed by atoms with Crippen LogP contribution in [0.25, 0.3) is 11.6 Å². The van der Waals surface area contributed by atoms with Gasteiger partial charge in [0.1, 0.15) is 5.75 Å². The highest BCUT2D eigenvalue weighted by atomic mass is 32.1. The number of allylic oxidation sites excluding steroid dienone is 1. The van der Waals surface area contributed by atoms with Crippen LogP contribution in [0, 0.1) is 3.95 Å². The van der Waals surface area contributed by atoms with E-state index in [-0.39, 0.29) is 5.88 Å². The number of methoxy groups -OCH3 is 1. The molecule has 1 fully saturated rings. The van der Waals surface area contributed by atoms with Crippen molar-refractivity contribution in [2.45, 2.75) is 0 Å². The van der Waals surface area contributed by atoms with Crippen molar-refractivity contribution >= 4 is 47.1 Å². The summed E-state index contributed by atoms with van der Waals surface area (Å²) in [6.07, 6.45) is 3.72. The van der Waals surface area contributed by atoms with Crippen LogP contribution in [-0.2, 0) is 4.74 Å². The quantitative estimate of drug-likeness (QED) is 0.835. The van der Waals surface area contributed by atoms with Gasteiger partial charge in [-0.1, -0.05) is 11.3 Å². The Kier molecular flexibility index (Phi) is 4.32. The van der Waals surface area contributed by atoms with Crippen molar-refractivity contribution in [1.29, 1.82) is 0 Å². The summed E-state index contributed by atoms with van der Waals surface area (Å²) in [5.74, 6) is 0.939. The zero-order chi connectivity index (χ0) is 17.4. The lowest BCUT2D eigenvalue weighted by atomic mass is 10.1. The summed E-state index contributed by atoms with van der Waals surface area (Å²) in [5.41, 5.74) is 2.82. The molecular weight excluding hydrogens is 358 g/mol. The standard InChI is InChI=1S/C17H17N3O3S2/c1-22-12-2-3-13-11(10-18-14(13)9-12)8-15-16(21)20(17(24)25-15)19-4-6-23-7-5-19/h2-3,8-10,21H,4-7H2,1H3. The van der Waals surface area contributed by atoms with Gasteiger partial charge < -0.3 is 19.6 Å². The molecule has 1 saturated heterocycles. The first kappa shape index (κ1) is 16.3. The van der Waals surface area contributed by atoms with Crippen LogP contribution in [0.1, 0.15) is 10.4 Å². The Balaban J connectivity index is 1.70. The predicted molar refractivity (Wildman–Crippen MR) is 103 cm³/mol. The topological polar surface area (TPSA) is 59.2 Å². The number of benzene rings is 1. The second-order valence-corrected chi connectivity index (χ2v) is 7.35. The second-order valence-electron chi connectivity index (χ2n) is 5.67. The molecule has 0 saturated carbocycles. The fourth-order valence-corrected chi connectivity index (χ4v) is 4.24. The molecule has 0 spiro atoms. The molecule has 0 aliphatic carbocycles. The molecular formula is C17H17N3O3S2. The average Bonchev–Trinajstić information content (AvgIpc) is 3.16. The Morgan fingerprint density at radius 3 is 2.92 bits per heavy atom. The van der Waals surface area contributed by atoms with Crippen molar-refractivity contribution in [2.75, 3.05) is 38.4 Å². The summed E-state index contributed by atoms with van der Waals surface area (Å²) in [4.78, 5) is 5.15.